The molecule has 1 aromatic heterocycles. The number of hydrogen-bond acceptors (Lipinski definition) is 4. The molecule has 134 valence electrons. The van der Waals surface area contributed by atoms with Crippen molar-refractivity contribution in [3.8, 4) is 0 Å². The van der Waals surface area contributed by atoms with E-state index < -0.39 is 5.60 Å². The van der Waals surface area contributed by atoms with E-state index in [1.807, 2.05) is 18.7 Å². The van der Waals surface area contributed by atoms with Gasteiger partial charge >= 0.3 is 0 Å². The highest BCUT2D eigenvalue weighted by Crippen LogP contribution is 2.43. The highest BCUT2D eigenvalue weighted by Gasteiger charge is 2.48. The van der Waals surface area contributed by atoms with E-state index in [-0.39, 0.29) is 12.1 Å². The second-order valence-electron chi connectivity index (χ2n) is 7.61. The lowest BCUT2D eigenvalue weighted by molar-refractivity contribution is -0.150. The first-order valence-corrected chi connectivity index (χ1v) is 9.08. The molecular formula is C20H27N3O2. The van der Waals surface area contributed by atoms with Crippen LogP contribution in [0.5, 0.6) is 0 Å². The van der Waals surface area contributed by atoms with Crippen LogP contribution >= 0.6 is 0 Å². The molecule has 2 fully saturated rings. The van der Waals surface area contributed by atoms with Gasteiger partial charge in [0.05, 0.1) is 24.5 Å². The van der Waals surface area contributed by atoms with Crippen LogP contribution < -0.4 is 0 Å². The van der Waals surface area contributed by atoms with E-state index in [0.29, 0.717) is 26.1 Å². The minimum Gasteiger partial charge on any atom is -0.385 e. The SMILES string of the molecule is Cc1nn(C)c(C)c1C1(O)CC2COCC(C1)N2Cc1ccccc1. The fourth-order valence-corrected chi connectivity index (χ4v) is 4.75. The lowest BCUT2D eigenvalue weighted by atomic mass is 9.76. The van der Waals surface area contributed by atoms with Gasteiger partial charge in [-0.05, 0) is 32.3 Å². The summed E-state index contributed by atoms with van der Waals surface area (Å²) in [5.41, 5.74) is 3.53. The van der Waals surface area contributed by atoms with Crippen LogP contribution in [-0.2, 0) is 23.9 Å². The van der Waals surface area contributed by atoms with Gasteiger partial charge in [-0.1, -0.05) is 30.3 Å². The van der Waals surface area contributed by atoms with E-state index in [0.717, 1.165) is 23.5 Å². The number of fused-ring (bicyclic) bond motifs is 2. The fourth-order valence-electron chi connectivity index (χ4n) is 4.75. The van der Waals surface area contributed by atoms with Gasteiger partial charge in [0.2, 0.25) is 0 Å². The van der Waals surface area contributed by atoms with Crippen LogP contribution in [0.4, 0.5) is 0 Å². The molecule has 2 aliphatic rings. The van der Waals surface area contributed by atoms with Crippen molar-refractivity contribution in [2.45, 2.75) is 50.9 Å². The van der Waals surface area contributed by atoms with E-state index in [1.54, 1.807) is 0 Å². The molecule has 2 atom stereocenters. The summed E-state index contributed by atoms with van der Waals surface area (Å²) >= 11 is 0. The van der Waals surface area contributed by atoms with E-state index in [1.165, 1.54) is 5.56 Å². The number of aliphatic hydroxyl groups is 1. The molecule has 1 aromatic carbocycles. The van der Waals surface area contributed by atoms with Crippen molar-refractivity contribution in [2.24, 2.45) is 7.05 Å². The molecule has 0 radical (unpaired) electrons. The summed E-state index contributed by atoms with van der Waals surface area (Å²) in [5, 5.41) is 16.1. The molecule has 0 aliphatic carbocycles. The van der Waals surface area contributed by atoms with Gasteiger partial charge in [0.25, 0.3) is 0 Å². The Bertz CT molecular complexity index is 742. The molecule has 5 nitrogen and oxygen atoms in total. The van der Waals surface area contributed by atoms with Crippen LogP contribution in [0.15, 0.2) is 30.3 Å². The summed E-state index contributed by atoms with van der Waals surface area (Å²) in [7, 11) is 1.95. The molecule has 0 amide bonds. The van der Waals surface area contributed by atoms with Crippen molar-refractivity contribution in [1.29, 1.82) is 0 Å². The Morgan fingerprint density at radius 2 is 1.80 bits per heavy atom. The van der Waals surface area contributed by atoms with Crippen molar-refractivity contribution in [3.05, 3.63) is 52.8 Å². The number of piperidine rings is 1. The van der Waals surface area contributed by atoms with E-state index >= 15 is 0 Å². The Morgan fingerprint density at radius 3 is 2.36 bits per heavy atom. The molecule has 0 saturated carbocycles. The van der Waals surface area contributed by atoms with Crippen molar-refractivity contribution < 1.29 is 9.84 Å². The summed E-state index contributed by atoms with van der Waals surface area (Å²) in [6.07, 6.45) is 1.40. The number of benzene rings is 1. The quantitative estimate of drug-likeness (QED) is 0.931. The molecule has 2 aromatic rings. The second-order valence-corrected chi connectivity index (χ2v) is 7.61. The topological polar surface area (TPSA) is 50.5 Å². The molecule has 25 heavy (non-hydrogen) atoms. The van der Waals surface area contributed by atoms with Crippen LogP contribution in [-0.4, -0.2) is 45.1 Å². The van der Waals surface area contributed by atoms with Crippen molar-refractivity contribution in [2.75, 3.05) is 13.2 Å². The molecule has 2 unspecified atom stereocenters. The van der Waals surface area contributed by atoms with Gasteiger partial charge in [-0.3, -0.25) is 9.58 Å². The molecule has 2 aliphatic heterocycles. The zero-order valence-electron chi connectivity index (χ0n) is 15.3. The third-order valence-corrected chi connectivity index (χ3v) is 5.89. The fraction of sp³-hybridized carbons (Fsp3) is 0.550. The van der Waals surface area contributed by atoms with Crippen LogP contribution in [0.2, 0.25) is 0 Å². The number of aromatic nitrogens is 2. The van der Waals surface area contributed by atoms with Crippen LogP contribution in [0.3, 0.4) is 0 Å². The minimum atomic E-state index is -0.811. The molecule has 2 bridgehead atoms. The highest BCUT2D eigenvalue weighted by molar-refractivity contribution is 5.33. The lowest BCUT2D eigenvalue weighted by Gasteiger charge is -2.52. The summed E-state index contributed by atoms with van der Waals surface area (Å²) < 4.78 is 7.71. The van der Waals surface area contributed by atoms with Crippen LogP contribution in [0.1, 0.15) is 35.4 Å². The normalized spacial score (nSPS) is 29.8. The van der Waals surface area contributed by atoms with Gasteiger partial charge < -0.3 is 9.84 Å². The average Bonchev–Trinajstić information content (AvgIpc) is 2.82. The maximum atomic E-state index is 11.6. The first kappa shape index (κ1) is 16.8. The zero-order chi connectivity index (χ0) is 17.6. The second kappa shape index (κ2) is 6.24. The van der Waals surface area contributed by atoms with Gasteiger partial charge in [0, 0.05) is 36.9 Å². The number of nitrogens with zero attached hydrogens (tertiary/aromatic N) is 3. The Morgan fingerprint density at radius 1 is 1.16 bits per heavy atom. The largest absolute Gasteiger partial charge is 0.385 e. The Hall–Kier alpha value is -1.69. The molecule has 3 heterocycles. The van der Waals surface area contributed by atoms with Gasteiger partial charge in [0.1, 0.15) is 0 Å². The molecule has 1 N–H and O–H groups in total. The monoisotopic (exact) mass is 341 g/mol. The molecule has 5 heteroatoms. The maximum Gasteiger partial charge on any atom is 0.0963 e. The average molecular weight is 341 g/mol. The molecule has 2 saturated heterocycles. The third-order valence-electron chi connectivity index (χ3n) is 5.89. The standard InChI is InChI=1S/C20H27N3O2/c1-14-19(15(2)22(3)21-14)20(24)9-17-12-25-13-18(10-20)23(17)11-16-7-5-4-6-8-16/h4-8,17-18,24H,9-13H2,1-3H3. The Labute approximate surface area is 149 Å². The van der Waals surface area contributed by atoms with Crippen molar-refractivity contribution in [3.63, 3.8) is 0 Å². The molecule has 0 spiro atoms. The Balaban J connectivity index is 1.62. The number of rotatable bonds is 3. The van der Waals surface area contributed by atoms with E-state index in [2.05, 4.69) is 47.3 Å². The predicted octanol–water partition coefficient (Wildman–Crippen LogP) is 2.29. The zero-order valence-corrected chi connectivity index (χ0v) is 15.3. The van der Waals surface area contributed by atoms with Crippen LogP contribution in [0.25, 0.3) is 0 Å². The maximum absolute atomic E-state index is 11.6. The van der Waals surface area contributed by atoms with Gasteiger partial charge in [0.15, 0.2) is 0 Å². The number of hydrogen-bond donors (Lipinski definition) is 1. The van der Waals surface area contributed by atoms with Gasteiger partial charge in [-0.2, -0.15) is 5.10 Å². The van der Waals surface area contributed by atoms with Gasteiger partial charge in [-0.25, -0.2) is 0 Å². The van der Waals surface area contributed by atoms with Crippen LogP contribution in [0, 0.1) is 13.8 Å². The van der Waals surface area contributed by atoms with E-state index in [9.17, 15) is 5.11 Å². The minimum absolute atomic E-state index is 0.233. The molecular weight excluding hydrogens is 314 g/mol. The first-order valence-electron chi connectivity index (χ1n) is 9.08. The summed E-state index contributed by atoms with van der Waals surface area (Å²) in [5.74, 6) is 0. The third kappa shape index (κ3) is 2.90. The summed E-state index contributed by atoms with van der Waals surface area (Å²) in [4.78, 5) is 2.52. The van der Waals surface area contributed by atoms with Crippen molar-refractivity contribution in [1.82, 2.24) is 14.7 Å². The summed E-state index contributed by atoms with van der Waals surface area (Å²) in [6, 6.07) is 11.0. The number of morpholine rings is 1. The van der Waals surface area contributed by atoms with E-state index in [4.69, 9.17) is 4.74 Å². The number of aryl methyl sites for hydroxylation is 2. The Kier molecular flexibility index (Phi) is 4.18. The van der Waals surface area contributed by atoms with Gasteiger partial charge in [-0.15, -0.1) is 0 Å². The number of ether oxygens (including phenoxy) is 1. The highest BCUT2D eigenvalue weighted by atomic mass is 16.5. The smallest absolute Gasteiger partial charge is 0.0963 e. The lowest BCUT2D eigenvalue weighted by Crippen LogP contribution is -2.60. The first-order chi connectivity index (χ1) is 12.0. The van der Waals surface area contributed by atoms with Crippen molar-refractivity contribution >= 4 is 0 Å². The predicted molar refractivity (Wildman–Crippen MR) is 96.2 cm³/mol. The summed E-state index contributed by atoms with van der Waals surface area (Å²) in [6.45, 7) is 6.34. The molecule has 4 rings (SSSR count).